The first-order valence-electron chi connectivity index (χ1n) is 13.7. The molecule has 5 heterocycles. The summed E-state index contributed by atoms with van der Waals surface area (Å²) in [6.45, 7) is 8.74. The average Bonchev–Trinajstić information content (AvgIpc) is 3.44. The topological polar surface area (TPSA) is 74.7 Å². The summed E-state index contributed by atoms with van der Waals surface area (Å²) in [5, 5.41) is 4.60. The van der Waals surface area contributed by atoms with Gasteiger partial charge in [0.1, 0.15) is 11.5 Å². The Morgan fingerprint density at radius 3 is 2.60 bits per heavy atom. The van der Waals surface area contributed by atoms with Gasteiger partial charge in [0.15, 0.2) is 6.20 Å². The molecular weight excluding hydrogens is 552 g/mol. The summed E-state index contributed by atoms with van der Waals surface area (Å²) < 4.78 is 57.3. The number of benzene rings is 1. The maximum atomic E-state index is 14.5. The van der Waals surface area contributed by atoms with Crippen LogP contribution in [-0.4, -0.2) is 55.8 Å². The van der Waals surface area contributed by atoms with Crippen molar-refractivity contribution in [2.75, 3.05) is 19.6 Å². The minimum atomic E-state index is -4.81. The molecule has 0 bridgehead atoms. The lowest BCUT2D eigenvalue weighted by Gasteiger charge is -2.42. The maximum Gasteiger partial charge on any atom is 0.419 e. The Morgan fingerprint density at radius 2 is 1.93 bits per heavy atom. The van der Waals surface area contributed by atoms with Crippen molar-refractivity contribution in [3.63, 3.8) is 0 Å². The van der Waals surface area contributed by atoms with E-state index in [0.29, 0.717) is 42.5 Å². The first-order chi connectivity index (χ1) is 19.8. The Labute approximate surface area is 239 Å². The summed E-state index contributed by atoms with van der Waals surface area (Å²) in [7, 11) is 0. The number of nitrogens with zero attached hydrogens (tertiary/aromatic N) is 6. The molecule has 2 aliphatic heterocycles. The molecule has 1 fully saturated rings. The fourth-order valence-electron chi connectivity index (χ4n) is 6.15. The van der Waals surface area contributed by atoms with Gasteiger partial charge in [-0.1, -0.05) is 36.5 Å². The highest BCUT2D eigenvalue weighted by atomic mass is 19.4. The largest absolute Gasteiger partial charge is 0.419 e. The van der Waals surface area contributed by atoms with Crippen LogP contribution in [0.5, 0.6) is 0 Å². The lowest BCUT2D eigenvalue weighted by atomic mass is 10.00. The van der Waals surface area contributed by atoms with Crippen LogP contribution in [0.3, 0.4) is 0 Å². The number of halogens is 4. The number of aryl methyl sites for hydroxylation is 1. The molecule has 0 N–H and O–H groups in total. The fraction of sp³-hybridized carbons (Fsp3) is 0.367. The van der Waals surface area contributed by atoms with Gasteiger partial charge in [0.2, 0.25) is 11.4 Å². The summed E-state index contributed by atoms with van der Waals surface area (Å²) in [6, 6.07) is 6.17. The van der Waals surface area contributed by atoms with E-state index in [1.54, 1.807) is 40.5 Å². The number of piperazine rings is 1. The Hall–Kier alpha value is -4.35. The molecule has 8 nitrogen and oxygen atoms in total. The molecule has 2 aliphatic rings. The van der Waals surface area contributed by atoms with Crippen LogP contribution in [0, 0.1) is 5.82 Å². The van der Waals surface area contributed by atoms with Gasteiger partial charge in [-0.3, -0.25) is 19.5 Å². The lowest BCUT2D eigenvalue weighted by molar-refractivity contribution is -0.749. The van der Waals surface area contributed by atoms with E-state index < -0.39 is 23.2 Å². The van der Waals surface area contributed by atoms with Gasteiger partial charge >= 0.3 is 17.7 Å². The Morgan fingerprint density at radius 1 is 1.17 bits per heavy atom. The highest BCUT2D eigenvalue weighted by Gasteiger charge is 2.57. The first-order valence-corrected chi connectivity index (χ1v) is 13.7. The van der Waals surface area contributed by atoms with E-state index in [4.69, 9.17) is 0 Å². The van der Waals surface area contributed by atoms with Gasteiger partial charge in [-0.05, 0) is 42.2 Å². The van der Waals surface area contributed by atoms with Crippen LogP contribution in [0.1, 0.15) is 71.1 Å². The molecule has 2 amide bonds. The highest BCUT2D eigenvalue weighted by molar-refractivity contribution is 5.96. The van der Waals surface area contributed by atoms with Crippen molar-refractivity contribution < 1.29 is 31.7 Å². The molecule has 12 heteroatoms. The molecule has 1 saturated heterocycles. The van der Waals surface area contributed by atoms with E-state index in [-0.39, 0.29) is 35.5 Å². The number of alkyl halides is 3. The average molecular weight is 582 g/mol. The monoisotopic (exact) mass is 581 g/mol. The van der Waals surface area contributed by atoms with E-state index in [1.165, 1.54) is 10.6 Å². The summed E-state index contributed by atoms with van der Waals surface area (Å²) in [5.41, 5.74) is 1.40. The number of hydrogen-bond acceptors (Lipinski definition) is 4. The zero-order valence-electron chi connectivity index (χ0n) is 23.5. The summed E-state index contributed by atoms with van der Waals surface area (Å²) in [5.74, 6) is -1.81. The van der Waals surface area contributed by atoms with Crippen LogP contribution in [0.2, 0.25) is 0 Å². The second-order valence-corrected chi connectivity index (χ2v) is 11.2. The van der Waals surface area contributed by atoms with Gasteiger partial charge in [0.05, 0.1) is 12.1 Å². The zero-order valence-corrected chi connectivity index (χ0v) is 23.5. The molecule has 1 atom stereocenters. The van der Waals surface area contributed by atoms with Crippen LogP contribution in [-0.2, 0) is 18.3 Å². The fourth-order valence-corrected chi connectivity index (χ4v) is 6.15. The number of fused-ring (bicyclic) bond motifs is 5. The minimum absolute atomic E-state index is 0.0851. The normalized spacial score (nSPS) is 18.6. The first kappa shape index (κ1) is 27.8. The highest BCUT2D eigenvalue weighted by Crippen LogP contribution is 2.36. The number of carbonyl (C=O) groups is 2. The second kappa shape index (κ2) is 9.60. The maximum absolute atomic E-state index is 14.5. The third-order valence-electron chi connectivity index (χ3n) is 8.29. The number of amides is 2. The van der Waals surface area contributed by atoms with Gasteiger partial charge in [-0.2, -0.15) is 17.7 Å². The molecule has 0 radical (unpaired) electrons. The third-order valence-corrected chi connectivity index (χ3v) is 8.29. The molecule has 0 spiro atoms. The van der Waals surface area contributed by atoms with Gasteiger partial charge in [0, 0.05) is 49.1 Å². The van der Waals surface area contributed by atoms with E-state index in [1.807, 2.05) is 32.3 Å². The summed E-state index contributed by atoms with van der Waals surface area (Å²) >= 11 is 0. The van der Waals surface area contributed by atoms with E-state index in [9.17, 15) is 27.2 Å². The molecular formula is C30H29F4N6O2+. The second-order valence-electron chi connectivity index (χ2n) is 11.2. The number of carbonyl (C=O) groups excluding carboxylic acids is 2. The molecule has 0 saturated carbocycles. The number of imidazole rings is 1. The van der Waals surface area contributed by atoms with Gasteiger partial charge in [-0.15, -0.1) is 0 Å². The van der Waals surface area contributed by atoms with Crippen molar-refractivity contribution in [2.24, 2.45) is 0 Å². The number of hydrogen-bond donors (Lipinski definition) is 0. The lowest BCUT2D eigenvalue weighted by Crippen LogP contribution is -2.69. The van der Waals surface area contributed by atoms with E-state index in [0.717, 1.165) is 17.2 Å². The molecule has 218 valence electrons. The van der Waals surface area contributed by atoms with Gasteiger partial charge in [0.25, 0.3) is 5.91 Å². The molecule has 1 aromatic carbocycles. The molecule has 1 unspecified atom stereocenters. The number of rotatable bonds is 4. The molecule has 0 aliphatic carbocycles. The smallest absolute Gasteiger partial charge is 0.330 e. The van der Waals surface area contributed by atoms with Crippen molar-refractivity contribution >= 4 is 17.5 Å². The molecule has 6 rings (SSSR count). The molecule has 4 aromatic rings. The molecule has 3 aromatic heterocycles. The minimum Gasteiger partial charge on any atom is -0.330 e. The Kier molecular flexibility index (Phi) is 6.36. The van der Waals surface area contributed by atoms with Crippen molar-refractivity contribution in [1.82, 2.24) is 24.4 Å². The zero-order chi connectivity index (χ0) is 30.1. The summed E-state index contributed by atoms with van der Waals surface area (Å²) in [4.78, 5) is 35.0. The Bertz CT molecular complexity index is 1760. The van der Waals surface area contributed by atoms with Crippen LogP contribution in [0.15, 0.2) is 48.9 Å². The Balaban J connectivity index is 1.46. The van der Waals surface area contributed by atoms with Crippen molar-refractivity contribution in [3.05, 3.63) is 82.7 Å². The van der Waals surface area contributed by atoms with Crippen molar-refractivity contribution in [3.8, 4) is 11.3 Å². The van der Waals surface area contributed by atoms with Gasteiger partial charge in [-0.25, -0.2) is 4.39 Å². The third kappa shape index (κ3) is 4.14. The van der Waals surface area contributed by atoms with Crippen LogP contribution in [0.4, 0.5) is 17.6 Å². The predicted octanol–water partition coefficient (Wildman–Crippen LogP) is 4.81. The predicted molar refractivity (Wildman–Crippen MR) is 144 cm³/mol. The van der Waals surface area contributed by atoms with Crippen LogP contribution < -0.4 is 4.57 Å². The van der Waals surface area contributed by atoms with Crippen molar-refractivity contribution in [1.29, 1.82) is 0 Å². The van der Waals surface area contributed by atoms with Gasteiger partial charge < -0.3 is 4.90 Å². The number of pyridine rings is 1. The quantitative estimate of drug-likeness (QED) is 0.256. The SMILES string of the molecule is CCc1cnccc1C(=O)N1CCN2C(=O)c3cn4nc(-c5ccc(C(F)(F)F)c(F)c5)cc(C(C)C)c4[n+]3C2(C)C1. The van der Waals surface area contributed by atoms with Crippen LogP contribution in [0.25, 0.3) is 16.9 Å². The van der Waals surface area contributed by atoms with E-state index >= 15 is 0 Å². The van der Waals surface area contributed by atoms with E-state index in [2.05, 4.69) is 10.1 Å². The molecule has 42 heavy (non-hydrogen) atoms. The summed E-state index contributed by atoms with van der Waals surface area (Å²) in [6.07, 6.45) is 0.731. The standard InChI is InChI=1S/C30H29F4N6O2/c1-5-18-14-35-9-8-20(18)27(41)37-10-11-38-28(42)25-15-39-26(40(25)29(38,4)16-37)21(17(2)3)13-24(36-39)19-6-7-22(23(31)12-19)30(32,33)34/h6-9,12-15,17H,5,10-11,16H2,1-4H3/q+1. The van der Waals surface area contributed by atoms with Crippen LogP contribution >= 0.6 is 0 Å². The number of aromatic nitrogens is 4. The van der Waals surface area contributed by atoms with Crippen molar-refractivity contribution in [2.45, 2.75) is 51.9 Å².